The normalized spacial score (nSPS) is 17.5. The molecule has 0 spiro atoms. The largest absolute Gasteiger partial charge is 1.00 e. The minimum Gasteiger partial charge on any atom is -1.00 e. The summed E-state index contributed by atoms with van der Waals surface area (Å²) in [5, 5.41) is 20.6. The lowest BCUT2D eigenvalue weighted by Gasteiger charge is -2.37. The van der Waals surface area contributed by atoms with Crippen molar-refractivity contribution in [3.63, 3.8) is 0 Å². The molecule has 2 N–H and O–H groups in total. The van der Waals surface area contributed by atoms with E-state index in [1.807, 2.05) is 0 Å². The number of aliphatic hydroxyl groups excluding tert-OH is 2. The monoisotopic (exact) mass is 376 g/mol. The van der Waals surface area contributed by atoms with Gasteiger partial charge < -0.3 is 48.7 Å². The van der Waals surface area contributed by atoms with Crippen molar-refractivity contribution in [2.24, 2.45) is 0 Å². The molecule has 4 unspecified atom stereocenters. The first kappa shape index (κ1) is 28.2. The first-order valence-electron chi connectivity index (χ1n) is 8.01. The highest BCUT2D eigenvalue weighted by molar-refractivity contribution is 4.70. The highest BCUT2D eigenvalue weighted by Gasteiger charge is 2.32. The molecule has 0 rings (SSSR count). The number of rotatable bonds is 10. The number of halogens is 2. The van der Waals surface area contributed by atoms with Crippen molar-refractivity contribution in [3.8, 4) is 0 Å². The van der Waals surface area contributed by atoms with Gasteiger partial charge in [-0.1, -0.05) is 13.8 Å². The molecule has 0 heterocycles. The SMILES string of the molecule is CCC(C(O)COCC(O)C(CC)[N+](C)(C)C)[N+](C)(C)C.[Cl-].[Cl-]. The van der Waals surface area contributed by atoms with Crippen LogP contribution in [0.3, 0.4) is 0 Å². The number of ether oxygens (including phenoxy) is 1. The maximum Gasteiger partial charge on any atom is 0.129 e. The average Bonchev–Trinajstić information content (AvgIpc) is 2.26. The Morgan fingerprint density at radius 2 is 0.957 bits per heavy atom. The smallest absolute Gasteiger partial charge is 0.129 e. The fourth-order valence-corrected chi connectivity index (χ4v) is 3.20. The molecule has 0 saturated heterocycles. The zero-order valence-electron chi connectivity index (χ0n) is 16.1. The maximum atomic E-state index is 10.3. The van der Waals surface area contributed by atoms with Gasteiger partial charge in [-0.3, -0.25) is 0 Å². The maximum absolute atomic E-state index is 10.3. The predicted octanol–water partition coefficient (Wildman–Crippen LogP) is -5.30. The van der Waals surface area contributed by atoms with Crippen LogP contribution in [0.5, 0.6) is 0 Å². The van der Waals surface area contributed by atoms with Crippen LogP contribution in [0.1, 0.15) is 26.7 Å². The summed E-state index contributed by atoms with van der Waals surface area (Å²) in [6, 6.07) is 0.282. The lowest BCUT2D eigenvalue weighted by Crippen LogP contribution is -3.00. The zero-order chi connectivity index (χ0) is 16.8. The van der Waals surface area contributed by atoms with E-state index in [1.165, 1.54) is 0 Å². The van der Waals surface area contributed by atoms with Gasteiger partial charge in [0.1, 0.15) is 24.3 Å². The van der Waals surface area contributed by atoms with Gasteiger partial charge in [0.2, 0.25) is 0 Å². The number of quaternary nitrogens is 2. The molecule has 144 valence electrons. The second-order valence-corrected chi connectivity index (χ2v) is 7.86. The number of hydrogen-bond acceptors (Lipinski definition) is 3. The zero-order valence-corrected chi connectivity index (χ0v) is 17.6. The van der Waals surface area contributed by atoms with Gasteiger partial charge in [0.15, 0.2) is 0 Å². The second kappa shape index (κ2) is 11.9. The summed E-state index contributed by atoms with van der Waals surface area (Å²) in [5.41, 5.74) is 0. The minimum absolute atomic E-state index is 0. The van der Waals surface area contributed by atoms with Crippen LogP contribution in [0.4, 0.5) is 0 Å². The van der Waals surface area contributed by atoms with Crippen LogP contribution in [-0.4, -0.2) is 99.0 Å². The van der Waals surface area contributed by atoms with E-state index in [0.717, 1.165) is 12.8 Å². The van der Waals surface area contributed by atoms with E-state index >= 15 is 0 Å². The van der Waals surface area contributed by atoms with Crippen LogP contribution in [0.2, 0.25) is 0 Å². The first-order chi connectivity index (χ1) is 9.45. The van der Waals surface area contributed by atoms with Gasteiger partial charge in [-0.25, -0.2) is 0 Å². The second-order valence-electron chi connectivity index (χ2n) is 7.86. The van der Waals surface area contributed by atoms with Crippen molar-refractivity contribution in [1.29, 1.82) is 0 Å². The van der Waals surface area contributed by atoms with Crippen LogP contribution >= 0.6 is 0 Å². The summed E-state index contributed by atoms with van der Waals surface area (Å²) < 4.78 is 7.01. The lowest BCUT2D eigenvalue weighted by molar-refractivity contribution is -0.900. The molecule has 0 saturated carbocycles. The molecule has 0 aliphatic heterocycles. The highest BCUT2D eigenvalue weighted by Crippen LogP contribution is 2.15. The van der Waals surface area contributed by atoms with Gasteiger partial charge in [-0.2, -0.15) is 0 Å². The van der Waals surface area contributed by atoms with Crippen molar-refractivity contribution in [3.05, 3.63) is 0 Å². The molecule has 4 atom stereocenters. The van der Waals surface area contributed by atoms with Crippen LogP contribution in [0.25, 0.3) is 0 Å². The number of likely N-dealkylation sites (N-methyl/N-ethyl adjacent to an activating group) is 2. The lowest BCUT2D eigenvalue weighted by atomic mass is 10.1. The molecule has 0 aromatic rings. The number of nitrogens with zero attached hydrogens (tertiary/aromatic N) is 2. The van der Waals surface area contributed by atoms with Gasteiger partial charge in [-0.05, 0) is 12.8 Å². The third-order valence-corrected chi connectivity index (χ3v) is 4.29. The third kappa shape index (κ3) is 10.1. The van der Waals surface area contributed by atoms with Crippen molar-refractivity contribution < 1.29 is 48.7 Å². The van der Waals surface area contributed by atoms with E-state index < -0.39 is 12.2 Å². The molecule has 7 heteroatoms. The summed E-state index contributed by atoms with van der Waals surface area (Å²) in [6.07, 6.45) is 0.776. The molecule has 0 amide bonds. The van der Waals surface area contributed by atoms with Crippen LogP contribution < -0.4 is 24.8 Å². The first-order valence-corrected chi connectivity index (χ1v) is 8.01. The molecule has 0 aliphatic rings. The van der Waals surface area contributed by atoms with Crippen LogP contribution in [-0.2, 0) is 4.74 Å². The Kier molecular flexibility index (Phi) is 14.5. The van der Waals surface area contributed by atoms with Crippen LogP contribution in [0, 0.1) is 0 Å². The molecular formula is C16H38Cl2N2O3. The Hall–Kier alpha value is 0.380. The van der Waals surface area contributed by atoms with E-state index in [1.54, 1.807) is 0 Å². The summed E-state index contributed by atoms with van der Waals surface area (Å²) in [7, 11) is 12.5. The third-order valence-electron chi connectivity index (χ3n) is 4.29. The standard InChI is InChI=1S/C16H38N2O3.2ClH/c1-9-13(17(3,4)5)15(19)11-21-12-16(20)14(10-2)18(6,7)8;;/h13-16,19-20H,9-12H2,1-8H3;2*1H/q+2;;/p-2. The molecule has 0 aliphatic carbocycles. The summed E-state index contributed by atoms with van der Waals surface area (Å²) in [5.74, 6) is 0. The molecule has 0 fully saturated rings. The van der Waals surface area contributed by atoms with Gasteiger partial charge in [-0.15, -0.1) is 0 Å². The highest BCUT2D eigenvalue weighted by atomic mass is 35.5. The Balaban J connectivity index is -0.00000200. The summed E-state index contributed by atoms with van der Waals surface area (Å²) >= 11 is 0. The quantitative estimate of drug-likeness (QED) is 0.374. The average molecular weight is 377 g/mol. The molecule has 0 aromatic heterocycles. The topological polar surface area (TPSA) is 49.7 Å². The molecular weight excluding hydrogens is 339 g/mol. The Morgan fingerprint density at radius 3 is 1.13 bits per heavy atom. The predicted molar refractivity (Wildman–Crippen MR) is 87.1 cm³/mol. The van der Waals surface area contributed by atoms with Crippen molar-refractivity contribution >= 4 is 0 Å². The fraction of sp³-hybridized carbons (Fsp3) is 1.00. The van der Waals surface area contributed by atoms with E-state index in [2.05, 4.69) is 56.1 Å². The molecule has 0 aromatic carbocycles. The molecule has 0 bridgehead atoms. The molecule has 0 radical (unpaired) electrons. The summed E-state index contributed by atoms with van der Waals surface area (Å²) in [4.78, 5) is 0. The van der Waals surface area contributed by atoms with Crippen molar-refractivity contribution in [2.75, 3.05) is 55.5 Å². The van der Waals surface area contributed by atoms with Crippen molar-refractivity contribution in [2.45, 2.75) is 51.0 Å². The van der Waals surface area contributed by atoms with Crippen LogP contribution in [0.15, 0.2) is 0 Å². The number of aliphatic hydroxyl groups is 2. The Bertz CT molecular complexity index is 266. The van der Waals surface area contributed by atoms with E-state index in [4.69, 9.17) is 4.74 Å². The van der Waals surface area contributed by atoms with Gasteiger partial charge >= 0.3 is 0 Å². The fourth-order valence-electron chi connectivity index (χ4n) is 3.20. The minimum atomic E-state index is -0.508. The van der Waals surface area contributed by atoms with Crippen molar-refractivity contribution in [1.82, 2.24) is 0 Å². The Morgan fingerprint density at radius 1 is 0.696 bits per heavy atom. The van der Waals surface area contributed by atoms with E-state index in [-0.39, 0.29) is 50.1 Å². The van der Waals surface area contributed by atoms with E-state index in [9.17, 15) is 10.2 Å². The Labute approximate surface area is 155 Å². The van der Waals surface area contributed by atoms with E-state index in [0.29, 0.717) is 8.97 Å². The summed E-state index contributed by atoms with van der Waals surface area (Å²) in [6.45, 7) is 4.71. The molecule has 5 nitrogen and oxygen atoms in total. The van der Waals surface area contributed by atoms with Gasteiger partial charge in [0, 0.05) is 0 Å². The number of hydrogen-bond donors (Lipinski definition) is 2. The van der Waals surface area contributed by atoms with Gasteiger partial charge in [0.25, 0.3) is 0 Å². The van der Waals surface area contributed by atoms with Gasteiger partial charge in [0.05, 0.1) is 55.5 Å². The molecule has 23 heavy (non-hydrogen) atoms.